The molecule has 0 aliphatic carbocycles. The maximum absolute atomic E-state index is 12.0. The highest BCUT2D eigenvalue weighted by molar-refractivity contribution is 5.94. The van der Waals surface area contributed by atoms with E-state index in [-0.39, 0.29) is 11.9 Å². The summed E-state index contributed by atoms with van der Waals surface area (Å²) in [6.45, 7) is 2.06. The van der Waals surface area contributed by atoms with Gasteiger partial charge in [-0.05, 0) is 24.1 Å². The van der Waals surface area contributed by atoms with E-state index in [1.54, 1.807) is 24.5 Å². The van der Waals surface area contributed by atoms with Crippen molar-refractivity contribution >= 4 is 5.91 Å². The Morgan fingerprint density at radius 1 is 1.22 bits per heavy atom. The molecular weight excluding hydrogens is 224 g/mol. The summed E-state index contributed by atoms with van der Waals surface area (Å²) < 4.78 is 0. The van der Waals surface area contributed by atoms with Crippen LogP contribution in [0, 0.1) is 0 Å². The van der Waals surface area contributed by atoms with Crippen LogP contribution >= 0.6 is 0 Å². The molecule has 18 heavy (non-hydrogen) atoms. The molecule has 0 unspecified atom stereocenters. The van der Waals surface area contributed by atoms with Crippen LogP contribution in [0.2, 0.25) is 0 Å². The molecule has 0 aliphatic heterocycles. The molecule has 3 heteroatoms. The zero-order valence-electron chi connectivity index (χ0n) is 10.3. The Morgan fingerprint density at radius 2 is 2.00 bits per heavy atom. The highest BCUT2D eigenvalue weighted by Gasteiger charge is 2.13. The molecule has 0 fully saturated rings. The lowest BCUT2D eigenvalue weighted by Crippen LogP contribution is -2.28. The highest BCUT2D eigenvalue weighted by atomic mass is 16.1. The summed E-state index contributed by atoms with van der Waals surface area (Å²) in [6.07, 6.45) is 4.09. The third kappa shape index (κ3) is 2.94. The van der Waals surface area contributed by atoms with Crippen LogP contribution in [0.3, 0.4) is 0 Å². The van der Waals surface area contributed by atoms with Crippen LogP contribution in [0.1, 0.15) is 35.3 Å². The third-order valence-corrected chi connectivity index (χ3v) is 2.84. The summed E-state index contributed by atoms with van der Waals surface area (Å²) in [7, 11) is 0. The number of hydrogen-bond acceptors (Lipinski definition) is 2. The maximum atomic E-state index is 12.0. The Bertz CT molecular complexity index is 496. The molecule has 2 aromatic rings. The van der Waals surface area contributed by atoms with E-state index in [2.05, 4.69) is 17.2 Å². The minimum absolute atomic E-state index is 0.0407. The molecule has 1 aromatic carbocycles. The molecule has 0 radical (unpaired) electrons. The number of nitrogens with zero attached hydrogens (tertiary/aromatic N) is 1. The Labute approximate surface area is 107 Å². The Kier molecular flexibility index (Phi) is 4.07. The lowest BCUT2D eigenvalue weighted by atomic mass is 10.0. The van der Waals surface area contributed by atoms with E-state index < -0.39 is 0 Å². The maximum Gasteiger partial charge on any atom is 0.253 e. The van der Waals surface area contributed by atoms with Crippen LogP contribution in [-0.4, -0.2) is 10.9 Å². The molecule has 92 valence electrons. The summed E-state index contributed by atoms with van der Waals surface area (Å²) >= 11 is 0. The number of nitrogens with one attached hydrogen (secondary N) is 1. The van der Waals surface area contributed by atoms with Gasteiger partial charge >= 0.3 is 0 Å². The van der Waals surface area contributed by atoms with Crippen molar-refractivity contribution in [3.05, 3.63) is 66.0 Å². The molecule has 1 N–H and O–H groups in total. The van der Waals surface area contributed by atoms with Crippen LogP contribution in [0.4, 0.5) is 0 Å². The summed E-state index contributed by atoms with van der Waals surface area (Å²) in [4.78, 5) is 16.0. The molecule has 0 saturated heterocycles. The first-order valence-corrected chi connectivity index (χ1v) is 6.07. The molecule has 0 spiro atoms. The van der Waals surface area contributed by atoms with Gasteiger partial charge in [0, 0.05) is 12.4 Å². The predicted octanol–water partition coefficient (Wildman–Crippen LogP) is 2.96. The minimum Gasteiger partial charge on any atom is -0.345 e. The average Bonchev–Trinajstić information content (AvgIpc) is 2.46. The van der Waals surface area contributed by atoms with E-state index >= 15 is 0 Å². The van der Waals surface area contributed by atoms with Gasteiger partial charge in [-0.25, -0.2) is 0 Å². The van der Waals surface area contributed by atoms with Gasteiger partial charge in [-0.3, -0.25) is 9.78 Å². The van der Waals surface area contributed by atoms with E-state index in [1.165, 1.54) is 0 Å². The first kappa shape index (κ1) is 12.3. The van der Waals surface area contributed by atoms with Crippen molar-refractivity contribution in [2.75, 3.05) is 0 Å². The fourth-order valence-electron chi connectivity index (χ4n) is 1.85. The van der Waals surface area contributed by atoms with Crippen molar-refractivity contribution in [3.63, 3.8) is 0 Å². The number of pyridine rings is 1. The zero-order chi connectivity index (χ0) is 12.8. The molecule has 0 bridgehead atoms. The van der Waals surface area contributed by atoms with Crippen molar-refractivity contribution in [1.29, 1.82) is 0 Å². The van der Waals surface area contributed by atoms with Crippen molar-refractivity contribution in [1.82, 2.24) is 10.3 Å². The van der Waals surface area contributed by atoms with Crippen LogP contribution in [0.5, 0.6) is 0 Å². The predicted molar refractivity (Wildman–Crippen MR) is 71.2 cm³/mol. The largest absolute Gasteiger partial charge is 0.345 e. The van der Waals surface area contributed by atoms with Gasteiger partial charge in [0.2, 0.25) is 0 Å². The second-order valence-corrected chi connectivity index (χ2v) is 4.09. The molecule has 1 amide bonds. The molecule has 0 saturated carbocycles. The van der Waals surface area contributed by atoms with Gasteiger partial charge in [0.05, 0.1) is 11.6 Å². The van der Waals surface area contributed by atoms with Crippen molar-refractivity contribution in [2.24, 2.45) is 0 Å². The Hall–Kier alpha value is -2.16. The van der Waals surface area contributed by atoms with Crippen molar-refractivity contribution < 1.29 is 4.79 Å². The lowest BCUT2D eigenvalue weighted by Gasteiger charge is -2.17. The van der Waals surface area contributed by atoms with Gasteiger partial charge < -0.3 is 5.32 Å². The topological polar surface area (TPSA) is 42.0 Å². The summed E-state index contributed by atoms with van der Waals surface area (Å²) in [5.41, 5.74) is 1.71. The van der Waals surface area contributed by atoms with Crippen LogP contribution in [-0.2, 0) is 0 Å². The number of aromatic nitrogens is 1. The van der Waals surface area contributed by atoms with Crippen LogP contribution in [0.15, 0.2) is 54.9 Å². The van der Waals surface area contributed by atoms with Gasteiger partial charge in [0.25, 0.3) is 5.91 Å². The van der Waals surface area contributed by atoms with Crippen molar-refractivity contribution in [3.8, 4) is 0 Å². The number of amides is 1. The highest BCUT2D eigenvalue weighted by Crippen LogP contribution is 2.16. The molecule has 3 nitrogen and oxygen atoms in total. The Balaban J connectivity index is 2.10. The quantitative estimate of drug-likeness (QED) is 0.892. The molecule has 1 aromatic heterocycles. The first-order chi connectivity index (χ1) is 8.81. The van der Waals surface area contributed by atoms with Crippen LogP contribution in [0.25, 0.3) is 0 Å². The molecular formula is C15H16N2O. The number of rotatable bonds is 4. The summed E-state index contributed by atoms with van der Waals surface area (Å²) in [5, 5.41) is 3.02. The summed E-state index contributed by atoms with van der Waals surface area (Å²) in [6, 6.07) is 13.5. The number of carbonyl (C=O) groups excluding carboxylic acids is 1. The summed E-state index contributed by atoms with van der Waals surface area (Å²) in [5.74, 6) is -0.0844. The molecule has 0 aliphatic rings. The van der Waals surface area contributed by atoms with E-state index in [9.17, 15) is 4.79 Å². The third-order valence-electron chi connectivity index (χ3n) is 2.84. The fourth-order valence-corrected chi connectivity index (χ4v) is 1.85. The van der Waals surface area contributed by atoms with Gasteiger partial charge in [0.1, 0.15) is 0 Å². The number of carbonyl (C=O) groups is 1. The molecule has 1 heterocycles. The van der Waals surface area contributed by atoms with Gasteiger partial charge in [-0.2, -0.15) is 0 Å². The monoisotopic (exact) mass is 240 g/mol. The Morgan fingerprint density at radius 3 is 2.61 bits per heavy atom. The van der Waals surface area contributed by atoms with Gasteiger partial charge in [-0.1, -0.05) is 37.3 Å². The smallest absolute Gasteiger partial charge is 0.253 e. The van der Waals surface area contributed by atoms with E-state index in [0.717, 1.165) is 12.0 Å². The normalized spacial score (nSPS) is 11.8. The van der Waals surface area contributed by atoms with E-state index in [1.807, 2.05) is 30.3 Å². The zero-order valence-corrected chi connectivity index (χ0v) is 10.3. The second-order valence-electron chi connectivity index (χ2n) is 4.09. The fraction of sp³-hybridized carbons (Fsp3) is 0.200. The lowest BCUT2D eigenvalue weighted by molar-refractivity contribution is 0.0935. The first-order valence-electron chi connectivity index (χ1n) is 6.07. The van der Waals surface area contributed by atoms with Gasteiger partial charge in [0.15, 0.2) is 0 Å². The minimum atomic E-state index is -0.0844. The van der Waals surface area contributed by atoms with Gasteiger partial charge in [-0.15, -0.1) is 0 Å². The average molecular weight is 240 g/mol. The van der Waals surface area contributed by atoms with Crippen LogP contribution < -0.4 is 5.32 Å². The number of hydrogen-bond donors (Lipinski definition) is 1. The number of benzene rings is 1. The van der Waals surface area contributed by atoms with E-state index in [4.69, 9.17) is 0 Å². The SMILES string of the molecule is CC[C@@H](NC(=O)c1cccnc1)c1ccccc1. The molecule has 2 rings (SSSR count). The molecule has 1 atom stereocenters. The standard InChI is InChI=1S/C15H16N2O/c1-2-14(12-7-4-3-5-8-12)17-15(18)13-9-6-10-16-11-13/h3-11,14H,2H2,1H3,(H,17,18)/t14-/m1/s1. The second kappa shape index (κ2) is 5.96. The van der Waals surface area contributed by atoms with E-state index in [0.29, 0.717) is 5.56 Å². The van der Waals surface area contributed by atoms with Crippen molar-refractivity contribution in [2.45, 2.75) is 19.4 Å².